The number of sulfonamides is 1. The highest BCUT2D eigenvalue weighted by Crippen LogP contribution is 2.27. The van der Waals surface area contributed by atoms with E-state index >= 15 is 0 Å². The first-order valence-corrected chi connectivity index (χ1v) is 9.16. The molecular formula is C13H22N6O2S. The van der Waals surface area contributed by atoms with Gasteiger partial charge in [-0.05, 0) is 25.7 Å². The average molecular weight is 326 g/mol. The summed E-state index contributed by atoms with van der Waals surface area (Å²) in [6, 6.07) is 0. The van der Waals surface area contributed by atoms with Gasteiger partial charge in [0.25, 0.3) is 0 Å². The molecule has 1 N–H and O–H groups in total. The molecule has 0 spiro atoms. The fourth-order valence-electron chi connectivity index (χ4n) is 2.39. The second kappa shape index (κ2) is 5.96. The first-order chi connectivity index (χ1) is 10.5. The van der Waals surface area contributed by atoms with Crippen molar-refractivity contribution in [2.45, 2.75) is 37.5 Å². The van der Waals surface area contributed by atoms with Gasteiger partial charge >= 0.3 is 0 Å². The molecule has 3 rings (SSSR count). The van der Waals surface area contributed by atoms with E-state index in [2.05, 4.69) is 24.6 Å². The van der Waals surface area contributed by atoms with Gasteiger partial charge in [-0.15, -0.1) is 0 Å². The zero-order valence-electron chi connectivity index (χ0n) is 13.0. The van der Waals surface area contributed by atoms with Gasteiger partial charge in [0.2, 0.25) is 21.9 Å². The zero-order chi connectivity index (χ0) is 15.7. The second-order valence-electron chi connectivity index (χ2n) is 6.01. The maximum atomic E-state index is 11.9. The lowest BCUT2D eigenvalue weighted by molar-refractivity contribution is 0.577. The predicted octanol–water partition coefficient (Wildman–Crippen LogP) is 0.120. The van der Waals surface area contributed by atoms with Gasteiger partial charge < -0.3 is 9.80 Å². The Morgan fingerprint density at radius 2 is 1.86 bits per heavy atom. The van der Waals surface area contributed by atoms with Crippen LogP contribution < -0.4 is 14.5 Å². The monoisotopic (exact) mass is 326 g/mol. The summed E-state index contributed by atoms with van der Waals surface area (Å²) in [4.78, 5) is 17.2. The second-order valence-corrected chi connectivity index (χ2v) is 8.05. The van der Waals surface area contributed by atoms with Gasteiger partial charge in [-0.1, -0.05) is 0 Å². The van der Waals surface area contributed by atoms with Crippen molar-refractivity contribution in [3.8, 4) is 0 Å². The summed E-state index contributed by atoms with van der Waals surface area (Å²) in [5.74, 6) is 1.65. The summed E-state index contributed by atoms with van der Waals surface area (Å²) in [6.07, 6.45) is 3.75. The van der Waals surface area contributed by atoms with Gasteiger partial charge in [0.1, 0.15) is 0 Å². The lowest BCUT2D eigenvalue weighted by atomic mass is 10.4. The Hall–Kier alpha value is -1.48. The van der Waals surface area contributed by atoms with E-state index in [4.69, 9.17) is 0 Å². The number of aromatic nitrogens is 3. The van der Waals surface area contributed by atoms with Gasteiger partial charge in [0.05, 0.1) is 11.8 Å². The number of hydrogen-bond donors (Lipinski definition) is 1. The van der Waals surface area contributed by atoms with Gasteiger partial charge in [-0.25, -0.2) is 13.1 Å². The highest BCUT2D eigenvalue weighted by Gasteiger charge is 2.35. The van der Waals surface area contributed by atoms with Crippen LogP contribution >= 0.6 is 0 Å². The van der Waals surface area contributed by atoms with Crippen molar-refractivity contribution in [2.24, 2.45) is 0 Å². The molecule has 1 aromatic rings. The third kappa shape index (κ3) is 3.46. The highest BCUT2D eigenvalue weighted by molar-refractivity contribution is 7.90. The van der Waals surface area contributed by atoms with Crippen LogP contribution in [0.1, 0.15) is 31.5 Å². The first kappa shape index (κ1) is 15.4. The number of hydrogen-bond acceptors (Lipinski definition) is 7. The van der Waals surface area contributed by atoms with E-state index in [9.17, 15) is 8.42 Å². The van der Waals surface area contributed by atoms with Crippen molar-refractivity contribution >= 4 is 21.9 Å². The molecule has 1 aliphatic carbocycles. The quantitative estimate of drug-likeness (QED) is 0.794. The Morgan fingerprint density at radius 3 is 2.45 bits per heavy atom. The summed E-state index contributed by atoms with van der Waals surface area (Å²) in [6.45, 7) is 1.98. The SMILES string of the molecule is CN(C)c1nc(CNS(=O)(=O)C2CC2)nc(N2CCCC2)n1. The fourth-order valence-corrected chi connectivity index (χ4v) is 3.72. The number of nitrogens with one attached hydrogen (secondary N) is 1. The number of rotatable bonds is 6. The minimum Gasteiger partial charge on any atom is -0.347 e. The van der Waals surface area contributed by atoms with E-state index in [1.165, 1.54) is 0 Å². The molecule has 0 atom stereocenters. The van der Waals surface area contributed by atoms with E-state index in [1.807, 2.05) is 14.1 Å². The molecule has 0 bridgehead atoms. The summed E-state index contributed by atoms with van der Waals surface area (Å²) >= 11 is 0. The molecule has 8 nitrogen and oxygen atoms in total. The van der Waals surface area contributed by atoms with E-state index in [0.29, 0.717) is 17.7 Å². The molecule has 0 aromatic carbocycles. The highest BCUT2D eigenvalue weighted by atomic mass is 32.2. The normalized spacial score (nSPS) is 18.7. The average Bonchev–Trinajstić information content (AvgIpc) is 3.21. The van der Waals surface area contributed by atoms with E-state index in [0.717, 1.165) is 38.8 Å². The van der Waals surface area contributed by atoms with Crippen molar-refractivity contribution in [3.05, 3.63) is 5.82 Å². The molecule has 1 saturated heterocycles. The summed E-state index contributed by atoms with van der Waals surface area (Å²) < 4.78 is 26.4. The molecule has 22 heavy (non-hydrogen) atoms. The van der Waals surface area contributed by atoms with E-state index in [-0.39, 0.29) is 11.8 Å². The first-order valence-electron chi connectivity index (χ1n) is 7.61. The minimum absolute atomic E-state index is 0.114. The smallest absolute Gasteiger partial charge is 0.230 e. The van der Waals surface area contributed by atoms with Crippen LogP contribution in [0.4, 0.5) is 11.9 Å². The largest absolute Gasteiger partial charge is 0.347 e. The van der Waals surface area contributed by atoms with Crippen LogP contribution in [0.5, 0.6) is 0 Å². The van der Waals surface area contributed by atoms with Crippen LogP contribution in [0.3, 0.4) is 0 Å². The van der Waals surface area contributed by atoms with Crippen LogP contribution in [0.15, 0.2) is 0 Å². The Bertz CT molecular complexity index is 638. The molecular weight excluding hydrogens is 304 g/mol. The van der Waals surface area contributed by atoms with Crippen molar-refractivity contribution < 1.29 is 8.42 Å². The van der Waals surface area contributed by atoms with Crippen molar-refractivity contribution in [1.29, 1.82) is 0 Å². The third-order valence-electron chi connectivity index (χ3n) is 3.84. The molecule has 2 fully saturated rings. The molecule has 0 unspecified atom stereocenters. The van der Waals surface area contributed by atoms with Gasteiger partial charge in [-0.3, -0.25) is 0 Å². The van der Waals surface area contributed by atoms with E-state index < -0.39 is 10.0 Å². The van der Waals surface area contributed by atoms with Crippen LogP contribution in [0, 0.1) is 0 Å². The zero-order valence-corrected chi connectivity index (χ0v) is 13.8. The van der Waals surface area contributed by atoms with Gasteiger partial charge in [0.15, 0.2) is 5.82 Å². The Balaban J connectivity index is 1.79. The van der Waals surface area contributed by atoms with Crippen LogP contribution in [0.2, 0.25) is 0 Å². The molecule has 1 aliphatic heterocycles. The predicted molar refractivity (Wildman–Crippen MR) is 84.4 cm³/mol. The van der Waals surface area contributed by atoms with E-state index in [1.54, 1.807) is 4.90 Å². The van der Waals surface area contributed by atoms with Gasteiger partial charge in [0, 0.05) is 27.2 Å². The fraction of sp³-hybridized carbons (Fsp3) is 0.769. The topological polar surface area (TPSA) is 91.3 Å². The van der Waals surface area contributed by atoms with Gasteiger partial charge in [-0.2, -0.15) is 15.0 Å². The Morgan fingerprint density at radius 1 is 1.18 bits per heavy atom. The maximum Gasteiger partial charge on any atom is 0.230 e. The molecule has 9 heteroatoms. The Labute approximate surface area is 131 Å². The lowest BCUT2D eigenvalue weighted by Gasteiger charge is -2.18. The molecule has 122 valence electrons. The molecule has 2 aliphatic rings. The molecule has 0 radical (unpaired) electrons. The van der Waals surface area contributed by atoms with Crippen molar-refractivity contribution in [3.63, 3.8) is 0 Å². The van der Waals surface area contributed by atoms with Crippen LogP contribution in [0.25, 0.3) is 0 Å². The minimum atomic E-state index is -3.23. The van der Waals surface area contributed by atoms with Crippen molar-refractivity contribution in [1.82, 2.24) is 19.7 Å². The standard InChI is InChI=1S/C13H22N6O2S/c1-18(2)12-15-11(9-14-22(20,21)10-5-6-10)16-13(17-12)19-7-3-4-8-19/h10,14H,3-9H2,1-2H3. The van der Waals surface area contributed by atoms with Crippen molar-refractivity contribution in [2.75, 3.05) is 37.0 Å². The van der Waals surface area contributed by atoms with Crippen LogP contribution in [-0.4, -0.2) is 55.8 Å². The lowest BCUT2D eigenvalue weighted by Crippen LogP contribution is -2.29. The summed E-state index contributed by atoms with van der Waals surface area (Å²) in [5, 5.41) is -0.235. The van der Waals surface area contributed by atoms with Crippen LogP contribution in [-0.2, 0) is 16.6 Å². The third-order valence-corrected chi connectivity index (χ3v) is 5.74. The number of anilines is 2. The molecule has 1 saturated carbocycles. The molecule has 0 amide bonds. The molecule has 2 heterocycles. The molecule has 1 aromatic heterocycles. The number of nitrogens with zero attached hydrogens (tertiary/aromatic N) is 5. The Kier molecular flexibility index (Phi) is 4.18. The maximum absolute atomic E-state index is 11.9. The summed E-state index contributed by atoms with van der Waals surface area (Å²) in [5.41, 5.74) is 0. The summed E-state index contributed by atoms with van der Waals surface area (Å²) in [7, 11) is 0.497.